The fraction of sp³-hybridized carbons (Fsp3) is 0.333. The second-order valence-corrected chi connectivity index (χ2v) is 1.76. The number of Topliss-reactive ketones (excluding diaryl/α,β-unsaturated/α-hetero) is 1. The average Bonchev–Trinajstić information content (AvgIpc) is 1.81. The molecule has 1 N–H and O–H groups in total. The van der Waals surface area contributed by atoms with Crippen molar-refractivity contribution in [2.24, 2.45) is 0 Å². The lowest BCUT2D eigenvalue weighted by Crippen LogP contribution is -2.05. The summed E-state index contributed by atoms with van der Waals surface area (Å²) in [5.74, 6) is -0.565. The number of rotatable bonds is 3. The molecule has 0 radical (unpaired) electrons. The van der Waals surface area contributed by atoms with E-state index in [1.807, 2.05) is 0 Å². The third kappa shape index (κ3) is 2.79. The number of hydrogen-bond donors (Lipinski definition) is 1. The van der Waals surface area contributed by atoms with Gasteiger partial charge in [0, 0.05) is 6.42 Å². The van der Waals surface area contributed by atoms with Gasteiger partial charge in [-0.15, -0.1) is 0 Å². The molecule has 4 heteroatoms. The van der Waals surface area contributed by atoms with E-state index in [2.05, 4.69) is 0 Å². The number of aliphatic carboxylic acids is 1. The van der Waals surface area contributed by atoms with E-state index < -0.39 is 11.5 Å². The maximum absolute atomic E-state index is 10.3. The van der Waals surface area contributed by atoms with Gasteiger partial charge in [-0.1, -0.05) is 0 Å². The maximum atomic E-state index is 10.3. The van der Waals surface area contributed by atoms with Crippen molar-refractivity contribution in [3.05, 3.63) is 5.57 Å². The molecule has 0 fully saturated rings. The summed E-state index contributed by atoms with van der Waals surface area (Å²) in [5.41, 5.74) is -0.521. The van der Waals surface area contributed by atoms with Gasteiger partial charge >= 0.3 is 5.97 Å². The molecule has 0 rings (SSSR count). The van der Waals surface area contributed by atoms with Crippen LogP contribution >= 0.6 is 0 Å². The highest BCUT2D eigenvalue weighted by Crippen LogP contribution is 1.96. The molecule has 0 aliphatic carbocycles. The van der Waals surface area contributed by atoms with Crippen LogP contribution in [0.15, 0.2) is 5.57 Å². The summed E-state index contributed by atoms with van der Waals surface area (Å²) in [4.78, 5) is 30.1. The molecule has 4 nitrogen and oxygen atoms in total. The normalized spacial score (nSPS) is 8.10. The Morgan fingerprint density at radius 3 is 2.10 bits per heavy atom. The van der Waals surface area contributed by atoms with E-state index in [0.29, 0.717) is 0 Å². The summed E-state index contributed by atoms with van der Waals surface area (Å²) in [7, 11) is 0. The van der Waals surface area contributed by atoms with Gasteiger partial charge in [-0.05, 0) is 6.92 Å². The van der Waals surface area contributed by atoms with Gasteiger partial charge in [-0.25, -0.2) is 9.59 Å². The fourth-order valence-electron chi connectivity index (χ4n) is 0.404. The standard InChI is InChI=1S/C6H6O4/c1-4(8)2-5(3-7)6(9)10/h2H2,1H3,(H,9,10). The van der Waals surface area contributed by atoms with E-state index in [9.17, 15) is 14.4 Å². The molecule has 0 aromatic carbocycles. The minimum absolute atomic E-state index is 0.348. The summed E-state index contributed by atoms with van der Waals surface area (Å²) in [6.07, 6.45) is -0.348. The van der Waals surface area contributed by atoms with E-state index in [0.717, 1.165) is 0 Å². The maximum Gasteiger partial charge on any atom is 0.343 e. The van der Waals surface area contributed by atoms with Crippen molar-refractivity contribution in [2.75, 3.05) is 0 Å². The molecule has 0 spiro atoms. The molecule has 0 aliphatic heterocycles. The van der Waals surface area contributed by atoms with Gasteiger partial charge in [0.1, 0.15) is 17.3 Å². The van der Waals surface area contributed by atoms with Crippen molar-refractivity contribution < 1.29 is 19.5 Å². The molecule has 0 saturated carbocycles. The second kappa shape index (κ2) is 3.58. The number of carboxylic acids is 1. The van der Waals surface area contributed by atoms with Crippen LogP contribution in [0.25, 0.3) is 0 Å². The predicted octanol–water partition coefficient (Wildman–Crippen LogP) is -0.192. The molecule has 0 aromatic heterocycles. The fourth-order valence-corrected chi connectivity index (χ4v) is 0.404. The Morgan fingerprint density at radius 2 is 2.00 bits per heavy atom. The first-order valence-electron chi connectivity index (χ1n) is 2.54. The molecule has 0 atom stereocenters. The minimum atomic E-state index is -1.38. The molecule has 0 aromatic rings. The van der Waals surface area contributed by atoms with Gasteiger partial charge in [-0.2, -0.15) is 0 Å². The molecule has 0 saturated heterocycles. The lowest BCUT2D eigenvalue weighted by atomic mass is 10.2. The summed E-state index contributed by atoms with van der Waals surface area (Å²) >= 11 is 0. The van der Waals surface area contributed by atoms with E-state index in [1.54, 1.807) is 0 Å². The Kier molecular flexibility index (Phi) is 3.08. The van der Waals surface area contributed by atoms with Gasteiger partial charge in [0.05, 0.1) is 0 Å². The Bertz CT molecular complexity index is 210. The molecular formula is C6H6O4. The van der Waals surface area contributed by atoms with Crippen LogP contribution in [0.2, 0.25) is 0 Å². The van der Waals surface area contributed by atoms with Gasteiger partial charge in [0.2, 0.25) is 0 Å². The lowest BCUT2D eigenvalue weighted by molar-refractivity contribution is -0.133. The summed E-state index contributed by atoms with van der Waals surface area (Å²) in [6.45, 7) is 1.21. The zero-order chi connectivity index (χ0) is 8.15. The van der Waals surface area contributed by atoms with Crippen molar-refractivity contribution in [3.63, 3.8) is 0 Å². The first kappa shape index (κ1) is 8.59. The SMILES string of the molecule is CC(=O)CC(=C=O)C(=O)O. The van der Waals surface area contributed by atoms with Crippen LogP contribution in [0.1, 0.15) is 13.3 Å². The van der Waals surface area contributed by atoms with Crippen LogP contribution in [0.4, 0.5) is 0 Å². The zero-order valence-corrected chi connectivity index (χ0v) is 5.38. The number of carbonyl (C=O) groups is 2. The van der Waals surface area contributed by atoms with Gasteiger partial charge < -0.3 is 5.11 Å². The first-order valence-corrected chi connectivity index (χ1v) is 2.54. The summed E-state index contributed by atoms with van der Waals surface area (Å²) < 4.78 is 0. The van der Waals surface area contributed by atoms with Crippen LogP contribution in [-0.4, -0.2) is 22.8 Å². The monoisotopic (exact) mass is 142 g/mol. The molecule has 54 valence electrons. The van der Waals surface area contributed by atoms with Crippen LogP contribution in [0.3, 0.4) is 0 Å². The highest BCUT2D eigenvalue weighted by atomic mass is 16.4. The first-order chi connectivity index (χ1) is 4.57. The van der Waals surface area contributed by atoms with Gasteiger partial charge in [0.15, 0.2) is 0 Å². The Morgan fingerprint density at radius 1 is 1.50 bits per heavy atom. The smallest absolute Gasteiger partial charge is 0.343 e. The van der Waals surface area contributed by atoms with Crippen molar-refractivity contribution in [3.8, 4) is 0 Å². The third-order valence-corrected chi connectivity index (χ3v) is 0.807. The van der Waals surface area contributed by atoms with Crippen molar-refractivity contribution in [1.29, 1.82) is 0 Å². The topological polar surface area (TPSA) is 71.4 Å². The molecule has 10 heavy (non-hydrogen) atoms. The van der Waals surface area contributed by atoms with E-state index >= 15 is 0 Å². The number of carboxylic acid groups (broad SMARTS) is 1. The summed E-state index contributed by atoms with van der Waals surface area (Å²) in [6, 6.07) is 0. The number of carbonyl (C=O) groups excluding carboxylic acids is 2. The zero-order valence-electron chi connectivity index (χ0n) is 5.38. The van der Waals surface area contributed by atoms with Crippen molar-refractivity contribution >= 4 is 17.7 Å². The Hall–Kier alpha value is -1.41. The highest BCUT2D eigenvalue weighted by Gasteiger charge is 2.09. The average molecular weight is 142 g/mol. The predicted molar refractivity (Wildman–Crippen MR) is 32.1 cm³/mol. The Labute approximate surface area is 57.2 Å². The highest BCUT2D eigenvalue weighted by molar-refractivity contribution is 6.00. The van der Waals surface area contributed by atoms with Crippen LogP contribution in [-0.2, 0) is 14.4 Å². The van der Waals surface area contributed by atoms with Gasteiger partial charge in [0.25, 0.3) is 0 Å². The van der Waals surface area contributed by atoms with Crippen LogP contribution < -0.4 is 0 Å². The molecule has 0 aliphatic rings. The van der Waals surface area contributed by atoms with E-state index in [1.165, 1.54) is 12.9 Å². The molecular weight excluding hydrogens is 136 g/mol. The molecule has 0 bridgehead atoms. The van der Waals surface area contributed by atoms with Crippen LogP contribution in [0.5, 0.6) is 0 Å². The van der Waals surface area contributed by atoms with E-state index in [4.69, 9.17) is 5.11 Å². The minimum Gasteiger partial charge on any atom is -0.477 e. The third-order valence-electron chi connectivity index (χ3n) is 0.807. The largest absolute Gasteiger partial charge is 0.477 e. The molecule has 0 heterocycles. The molecule has 0 unspecified atom stereocenters. The van der Waals surface area contributed by atoms with Crippen LogP contribution in [0, 0.1) is 0 Å². The van der Waals surface area contributed by atoms with Crippen molar-refractivity contribution in [1.82, 2.24) is 0 Å². The number of hydrogen-bond acceptors (Lipinski definition) is 3. The number of ketones is 1. The van der Waals surface area contributed by atoms with E-state index in [-0.39, 0.29) is 12.2 Å². The van der Waals surface area contributed by atoms with Crippen molar-refractivity contribution in [2.45, 2.75) is 13.3 Å². The molecule has 0 amide bonds. The summed E-state index contributed by atoms with van der Waals surface area (Å²) in [5, 5.41) is 8.17. The quantitative estimate of drug-likeness (QED) is 0.437. The second-order valence-electron chi connectivity index (χ2n) is 1.76. The van der Waals surface area contributed by atoms with Gasteiger partial charge in [-0.3, -0.25) is 4.79 Å². The Balaban J connectivity index is 4.27. The lowest BCUT2D eigenvalue weighted by Gasteiger charge is -1.89.